The maximum atomic E-state index is 14.5. The quantitative estimate of drug-likeness (QED) is 0.338. The van der Waals surface area contributed by atoms with Gasteiger partial charge < -0.3 is 25.3 Å². The number of likely N-dealkylation sites (tertiary alicyclic amines) is 1. The predicted octanol–water partition coefficient (Wildman–Crippen LogP) is 5.53. The third kappa shape index (κ3) is 5.46. The number of aromatic amines is 1. The lowest BCUT2D eigenvalue weighted by atomic mass is 9.68. The number of aromatic nitrogens is 2. The third-order valence-corrected chi connectivity index (χ3v) is 10.2. The molecule has 2 aromatic carbocycles. The van der Waals surface area contributed by atoms with Crippen LogP contribution in [0.4, 0.5) is 13.6 Å². The average molecular weight is 617 g/mol. The highest BCUT2D eigenvalue weighted by atomic mass is 19.3. The van der Waals surface area contributed by atoms with Gasteiger partial charge in [-0.3, -0.25) is 9.79 Å². The standard InChI is InChI=1S/C34H38F2N6O3/c1-45-32(44)39-18-29(43)42-19-34(35,36)15-28(42)31-38-17-26(41-31)22-7-5-21(6-8-22)23-9-10-24(27-16-37-20-40-27)25-11-14-33(30(23)25)12-3-2-4-13-33/h5-10,16,20,26,28H,2-4,11-15,17-19H2,1H3,(H,37,40)(H,38,41)(H,39,44). The topological polar surface area (TPSA) is 112 Å². The van der Waals surface area contributed by atoms with Gasteiger partial charge in [-0.2, -0.15) is 0 Å². The number of amidine groups is 1. The number of fused-ring (bicyclic) bond motifs is 2. The number of hydrogen-bond donors (Lipinski definition) is 3. The number of nitrogens with zero attached hydrogens (tertiary/aromatic N) is 3. The number of alkyl halides is 2. The van der Waals surface area contributed by atoms with Crippen LogP contribution in [0.3, 0.4) is 0 Å². The van der Waals surface area contributed by atoms with Gasteiger partial charge in [0.2, 0.25) is 5.91 Å². The summed E-state index contributed by atoms with van der Waals surface area (Å²) in [6, 6.07) is 11.9. The highest BCUT2D eigenvalue weighted by Gasteiger charge is 2.50. The molecule has 0 bridgehead atoms. The molecule has 2 fully saturated rings. The van der Waals surface area contributed by atoms with Crippen molar-refractivity contribution in [2.24, 2.45) is 4.99 Å². The second-order valence-electron chi connectivity index (χ2n) is 12.8. The van der Waals surface area contributed by atoms with Crippen LogP contribution in [0.15, 0.2) is 53.9 Å². The van der Waals surface area contributed by atoms with Gasteiger partial charge in [0.05, 0.1) is 50.5 Å². The molecule has 45 heavy (non-hydrogen) atoms. The Bertz CT molecular complexity index is 1620. The molecule has 7 rings (SSSR count). The smallest absolute Gasteiger partial charge is 0.407 e. The first-order valence-electron chi connectivity index (χ1n) is 15.8. The number of rotatable bonds is 6. The number of H-pyrrole nitrogens is 1. The number of ether oxygens (including phenoxy) is 1. The Hall–Kier alpha value is -4.28. The summed E-state index contributed by atoms with van der Waals surface area (Å²) in [6.45, 7) is -0.758. The Morgan fingerprint density at radius 2 is 1.84 bits per heavy atom. The molecule has 3 aromatic rings. The van der Waals surface area contributed by atoms with Gasteiger partial charge in [0.15, 0.2) is 0 Å². The first kappa shape index (κ1) is 29.4. The third-order valence-electron chi connectivity index (χ3n) is 10.2. The molecular formula is C34H38F2N6O3. The largest absolute Gasteiger partial charge is 0.453 e. The number of aliphatic imine (C=N–C) groups is 1. The van der Waals surface area contributed by atoms with E-state index in [1.54, 1.807) is 6.33 Å². The van der Waals surface area contributed by atoms with Crippen LogP contribution in [-0.2, 0) is 21.4 Å². The van der Waals surface area contributed by atoms with Crippen molar-refractivity contribution >= 4 is 17.8 Å². The van der Waals surface area contributed by atoms with E-state index in [-0.39, 0.29) is 11.5 Å². The molecule has 1 aromatic heterocycles. The molecule has 2 atom stereocenters. The van der Waals surface area contributed by atoms with Gasteiger partial charge >= 0.3 is 6.09 Å². The lowest BCUT2D eigenvalue weighted by Crippen LogP contribution is -2.48. The van der Waals surface area contributed by atoms with Gasteiger partial charge in [0.1, 0.15) is 12.4 Å². The minimum Gasteiger partial charge on any atom is -0.453 e. The van der Waals surface area contributed by atoms with E-state index in [4.69, 9.17) is 0 Å². The summed E-state index contributed by atoms with van der Waals surface area (Å²) in [5.41, 5.74) is 8.92. The fourth-order valence-corrected chi connectivity index (χ4v) is 8.02. The fourth-order valence-electron chi connectivity index (χ4n) is 8.02. The number of carbonyl (C=O) groups excluding carboxylic acids is 2. The number of alkyl carbamates (subject to hydrolysis) is 1. The SMILES string of the molecule is COC(=O)NCC(=O)N1CC(F)(F)CC1C1=NCC(c2ccc(-c3ccc(-c4cnc[nH]4)c4c3C3(CCCCC3)CC4)cc2)N1. The van der Waals surface area contributed by atoms with Gasteiger partial charge in [-0.05, 0) is 58.9 Å². The highest BCUT2D eigenvalue weighted by Crippen LogP contribution is 2.54. The number of imidazole rings is 1. The number of nitrogens with one attached hydrogen (secondary N) is 3. The summed E-state index contributed by atoms with van der Waals surface area (Å²) < 4.78 is 33.5. The van der Waals surface area contributed by atoms with E-state index in [0.717, 1.165) is 22.6 Å². The molecular weight excluding hydrogens is 578 g/mol. The maximum Gasteiger partial charge on any atom is 0.407 e. The first-order chi connectivity index (χ1) is 21.8. The summed E-state index contributed by atoms with van der Waals surface area (Å²) in [5, 5.41) is 5.60. The van der Waals surface area contributed by atoms with Crippen LogP contribution in [-0.4, -0.2) is 71.4 Å². The van der Waals surface area contributed by atoms with Crippen molar-refractivity contribution in [2.75, 3.05) is 26.7 Å². The van der Waals surface area contributed by atoms with Gasteiger partial charge in [-0.1, -0.05) is 55.7 Å². The van der Waals surface area contributed by atoms with Gasteiger partial charge in [-0.15, -0.1) is 0 Å². The van der Waals surface area contributed by atoms with Crippen LogP contribution in [0.5, 0.6) is 0 Å². The van der Waals surface area contributed by atoms with Crippen molar-refractivity contribution in [3.63, 3.8) is 0 Å². The van der Waals surface area contributed by atoms with Crippen LogP contribution in [0.25, 0.3) is 22.4 Å². The van der Waals surface area contributed by atoms with Crippen LogP contribution in [0.1, 0.15) is 67.7 Å². The van der Waals surface area contributed by atoms with E-state index in [1.807, 2.05) is 6.20 Å². The summed E-state index contributed by atoms with van der Waals surface area (Å²) in [5.74, 6) is -3.28. The van der Waals surface area contributed by atoms with Gasteiger partial charge in [0.25, 0.3) is 5.92 Å². The summed E-state index contributed by atoms with van der Waals surface area (Å²) >= 11 is 0. The highest BCUT2D eigenvalue weighted by molar-refractivity contribution is 5.94. The van der Waals surface area contributed by atoms with E-state index in [0.29, 0.717) is 12.4 Å². The zero-order valence-corrected chi connectivity index (χ0v) is 25.4. The molecule has 2 aliphatic heterocycles. The molecule has 9 nitrogen and oxygen atoms in total. The predicted molar refractivity (Wildman–Crippen MR) is 166 cm³/mol. The fraction of sp³-hybridized carbons (Fsp3) is 0.471. The summed E-state index contributed by atoms with van der Waals surface area (Å²) in [4.78, 5) is 37.4. The molecule has 11 heteroatoms. The lowest BCUT2D eigenvalue weighted by Gasteiger charge is -2.36. The van der Waals surface area contributed by atoms with Crippen LogP contribution < -0.4 is 10.6 Å². The molecule has 2 unspecified atom stereocenters. The van der Waals surface area contributed by atoms with E-state index >= 15 is 0 Å². The van der Waals surface area contributed by atoms with Gasteiger partial charge in [-0.25, -0.2) is 18.6 Å². The van der Waals surface area contributed by atoms with E-state index < -0.39 is 43.5 Å². The molecule has 1 saturated heterocycles. The molecule has 3 heterocycles. The lowest BCUT2D eigenvalue weighted by molar-refractivity contribution is -0.131. The Balaban J connectivity index is 1.11. The molecule has 2 amide bonds. The normalized spacial score (nSPS) is 23.0. The van der Waals surface area contributed by atoms with E-state index in [1.165, 1.54) is 73.5 Å². The number of carbonyl (C=O) groups is 2. The molecule has 0 radical (unpaired) electrons. The molecule has 4 aliphatic rings. The zero-order valence-electron chi connectivity index (χ0n) is 25.4. The van der Waals surface area contributed by atoms with E-state index in [2.05, 4.69) is 66.7 Å². The minimum atomic E-state index is -3.04. The van der Waals surface area contributed by atoms with E-state index in [9.17, 15) is 18.4 Å². The Kier molecular flexibility index (Phi) is 7.57. The van der Waals surface area contributed by atoms with Crippen LogP contribution >= 0.6 is 0 Å². The first-order valence-corrected chi connectivity index (χ1v) is 15.8. The van der Waals surface area contributed by atoms with Gasteiger partial charge in [0, 0.05) is 12.0 Å². The number of methoxy groups -OCH3 is 1. The second-order valence-corrected chi connectivity index (χ2v) is 12.8. The second kappa shape index (κ2) is 11.6. The number of benzene rings is 2. The Morgan fingerprint density at radius 3 is 2.58 bits per heavy atom. The monoisotopic (exact) mass is 616 g/mol. The molecule has 236 valence electrons. The van der Waals surface area contributed by atoms with Crippen molar-refractivity contribution in [3.05, 3.63) is 65.6 Å². The van der Waals surface area contributed by atoms with Crippen molar-refractivity contribution in [2.45, 2.75) is 74.8 Å². The van der Waals surface area contributed by atoms with Crippen molar-refractivity contribution in [1.29, 1.82) is 0 Å². The van der Waals surface area contributed by atoms with Crippen LogP contribution in [0, 0.1) is 0 Å². The van der Waals surface area contributed by atoms with Crippen molar-refractivity contribution < 1.29 is 23.1 Å². The Morgan fingerprint density at radius 1 is 1.07 bits per heavy atom. The average Bonchev–Trinajstić information content (AvgIpc) is 3.87. The Labute approximate surface area is 260 Å². The molecule has 2 aliphatic carbocycles. The van der Waals surface area contributed by atoms with Crippen LogP contribution in [0.2, 0.25) is 0 Å². The maximum absolute atomic E-state index is 14.5. The summed E-state index contributed by atoms with van der Waals surface area (Å²) in [6.07, 6.45) is 10.9. The summed E-state index contributed by atoms with van der Waals surface area (Å²) in [7, 11) is 1.18. The number of halogens is 2. The molecule has 1 spiro atoms. The number of amides is 2. The van der Waals surface area contributed by atoms with Crippen molar-refractivity contribution in [1.82, 2.24) is 25.5 Å². The minimum absolute atomic E-state index is 0.188. The molecule has 1 saturated carbocycles. The number of hydrogen-bond acceptors (Lipinski definition) is 6. The molecule has 3 N–H and O–H groups in total. The zero-order chi connectivity index (χ0) is 31.2. The van der Waals surface area contributed by atoms with Crippen molar-refractivity contribution in [3.8, 4) is 22.4 Å².